The molecule has 0 aliphatic rings. The van der Waals surface area contributed by atoms with Crippen LogP contribution in [0.1, 0.15) is 26.2 Å². The predicted molar refractivity (Wildman–Crippen MR) is 63.7 cm³/mol. The first-order chi connectivity index (χ1) is 7.33. The molecule has 1 N–H and O–H groups in total. The van der Waals surface area contributed by atoms with Crippen molar-refractivity contribution >= 4 is 11.6 Å². The van der Waals surface area contributed by atoms with Crippen molar-refractivity contribution < 1.29 is 4.79 Å². The van der Waals surface area contributed by atoms with Crippen LogP contribution in [-0.2, 0) is 4.79 Å². The van der Waals surface area contributed by atoms with E-state index in [4.69, 9.17) is 0 Å². The highest BCUT2D eigenvalue weighted by Crippen LogP contribution is 2.04. The number of nitrogens with one attached hydrogen (secondary N) is 1. The number of anilines is 1. The van der Waals surface area contributed by atoms with Crippen LogP contribution in [0.25, 0.3) is 0 Å². The zero-order valence-electron chi connectivity index (χ0n) is 9.07. The number of carbonyl (C=O) groups is 1. The van der Waals surface area contributed by atoms with E-state index in [9.17, 15) is 4.79 Å². The lowest BCUT2D eigenvalue weighted by atomic mass is 10.2. The molecule has 1 aromatic carbocycles. The average Bonchev–Trinajstić information content (AvgIpc) is 2.26. The number of benzene rings is 1. The summed E-state index contributed by atoms with van der Waals surface area (Å²) in [5.74, 6) is -0.0581. The van der Waals surface area contributed by atoms with Gasteiger partial charge in [0, 0.05) is 5.69 Å². The number of hydrogen-bond donors (Lipinski definition) is 1. The second kappa shape index (κ2) is 6.82. The van der Waals surface area contributed by atoms with Crippen LogP contribution >= 0.6 is 0 Å². The summed E-state index contributed by atoms with van der Waals surface area (Å²) >= 11 is 0. The third-order valence-electron chi connectivity index (χ3n) is 2.03. The second-order valence-electron chi connectivity index (χ2n) is 3.40. The first-order valence-corrected chi connectivity index (χ1v) is 5.35. The van der Waals surface area contributed by atoms with Crippen molar-refractivity contribution in [1.82, 2.24) is 0 Å². The molecule has 0 saturated heterocycles. The van der Waals surface area contributed by atoms with Crippen LogP contribution in [-0.4, -0.2) is 5.91 Å². The summed E-state index contributed by atoms with van der Waals surface area (Å²) in [6.07, 6.45) is 6.78. The first-order valence-electron chi connectivity index (χ1n) is 5.35. The van der Waals surface area contributed by atoms with E-state index in [1.54, 1.807) is 6.08 Å². The fourth-order valence-corrected chi connectivity index (χ4v) is 1.22. The summed E-state index contributed by atoms with van der Waals surface area (Å²) in [4.78, 5) is 11.4. The van der Waals surface area contributed by atoms with Crippen molar-refractivity contribution in [1.29, 1.82) is 0 Å². The van der Waals surface area contributed by atoms with Crippen LogP contribution < -0.4 is 5.32 Å². The van der Waals surface area contributed by atoms with E-state index in [2.05, 4.69) is 12.2 Å². The number of allylic oxidation sites excluding steroid dienone is 1. The van der Waals surface area contributed by atoms with Gasteiger partial charge in [0.05, 0.1) is 0 Å². The summed E-state index contributed by atoms with van der Waals surface area (Å²) in [6, 6.07) is 9.47. The van der Waals surface area contributed by atoms with Gasteiger partial charge in [-0.2, -0.15) is 0 Å². The molecule has 15 heavy (non-hydrogen) atoms. The minimum atomic E-state index is -0.0581. The van der Waals surface area contributed by atoms with Gasteiger partial charge in [-0.3, -0.25) is 4.79 Å². The van der Waals surface area contributed by atoms with Gasteiger partial charge in [0.15, 0.2) is 0 Å². The quantitative estimate of drug-likeness (QED) is 0.577. The van der Waals surface area contributed by atoms with Gasteiger partial charge in [-0.15, -0.1) is 0 Å². The van der Waals surface area contributed by atoms with Crippen LogP contribution in [0.3, 0.4) is 0 Å². The topological polar surface area (TPSA) is 29.1 Å². The third kappa shape index (κ3) is 5.01. The highest BCUT2D eigenvalue weighted by molar-refractivity contribution is 5.99. The highest BCUT2D eigenvalue weighted by atomic mass is 16.1. The van der Waals surface area contributed by atoms with Crippen molar-refractivity contribution in [2.24, 2.45) is 0 Å². The highest BCUT2D eigenvalue weighted by Gasteiger charge is 1.94. The Morgan fingerprint density at radius 3 is 2.73 bits per heavy atom. The smallest absolute Gasteiger partial charge is 0.248 e. The van der Waals surface area contributed by atoms with E-state index in [0.29, 0.717) is 0 Å². The summed E-state index contributed by atoms with van der Waals surface area (Å²) in [5.41, 5.74) is 0.836. The molecule has 0 spiro atoms. The number of hydrogen-bond acceptors (Lipinski definition) is 1. The van der Waals surface area contributed by atoms with Gasteiger partial charge in [0.25, 0.3) is 0 Å². The lowest BCUT2D eigenvalue weighted by molar-refractivity contribution is -0.111. The van der Waals surface area contributed by atoms with Crippen molar-refractivity contribution in [2.75, 3.05) is 5.32 Å². The van der Waals surface area contributed by atoms with E-state index in [1.165, 1.54) is 0 Å². The van der Waals surface area contributed by atoms with Gasteiger partial charge >= 0.3 is 0 Å². The number of para-hydroxylation sites is 1. The zero-order valence-corrected chi connectivity index (χ0v) is 9.07. The Balaban J connectivity index is 2.33. The second-order valence-corrected chi connectivity index (χ2v) is 3.40. The van der Waals surface area contributed by atoms with Crippen LogP contribution in [0.5, 0.6) is 0 Å². The van der Waals surface area contributed by atoms with Crippen LogP contribution in [0.2, 0.25) is 0 Å². The molecule has 2 heteroatoms. The molecule has 1 aromatic rings. The van der Waals surface area contributed by atoms with E-state index >= 15 is 0 Å². The lowest BCUT2D eigenvalue weighted by Crippen LogP contribution is -2.07. The van der Waals surface area contributed by atoms with E-state index in [-0.39, 0.29) is 5.91 Å². The molecule has 2 nitrogen and oxygen atoms in total. The van der Waals surface area contributed by atoms with Crippen molar-refractivity contribution in [3.8, 4) is 0 Å². The molecule has 0 heterocycles. The van der Waals surface area contributed by atoms with E-state index < -0.39 is 0 Å². The summed E-state index contributed by atoms with van der Waals surface area (Å²) in [5, 5.41) is 2.79. The van der Waals surface area contributed by atoms with Gasteiger partial charge in [0.2, 0.25) is 5.91 Å². The molecule has 0 aliphatic heterocycles. The fraction of sp³-hybridized carbons (Fsp3) is 0.308. The first kappa shape index (κ1) is 11.5. The van der Waals surface area contributed by atoms with Gasteiger partial charge < -0.3 is 5.32 Å². The minimum Gasteiger partial charge on any atom is -0.323 e. The van der Waals surface area contributed by atoms with Gasteiger partial charge in [-0.1, -0.05) is 44.0 Å². The molecular weight excluding hydrogens is 186 g/mol. The largest absolute Gasteiger partial charge is 0.323 e. The van der Waals surface area contributed by atoms with Gasteiger partial charge in [-0.25, -0.2) is 0 Å². The maximum Gasteiger partial charge on any atom is 0.248 e. The Labute approximate surface area is 91.0 Å². The van der Waals surface area contributed by atoms with Gasteiger partial charge in [0.1, 0.15) is 0 Å². The molecule has 0 fully saturated rings. The monoisotopic (exact) mass is 203 g/mol. The van der Waals surface area contributed by atoms with Gasteiger partial charge in [-0.05, 0) is 24.6 Å². The molecule has 0 saturated carbocycles. The summed E-state index contributed by atoms with van der Waals surface area (Å²) in [7, 11) is 0. The van der Waals surface area contributed by atoms with E-state index in [0.717, 1.165) is 24.9 Å². The molecule has 0 aliphatic carbocycles. The summed E-state index contributed by atoms with van der Waals surface area (Å²) in [6.45, 7) is 2.14. The molecule has 0 aromatic heterocycles. The third-order valence-corrected chi connectivity index (χ3v) is 2.03. The lowest BCUT2D eigenvalue weighted by Gasteiger charge is -2.00. The average molecular weight is 203 g/mol. The SMILES string of the molecule is CCCC/C=C/C(=O)Nc1ccccc1. The molecule has 0 bridgehead atoms. The Hall–Kier alpha value is -1.57. The van der Waals surface area contributed by atoms with Crippen molar-refractivity contribution in [3.05, 3.63) is 42.5 Å². The molecule has 80 valence electrons. The normalized spacial score (nSPS) is 10.5. The molecular formula is C13H17NO. The zero-order chi connectivity index (χ0) is 10.9. The maximum atomic E-state index is 11.4. The predicted octanol–water partition coefficient (Wildman–Crippen LogP) is 3.37. The standard InChI is InChI=1S/C13H17NO/c1-2-3-4-8-11-13(15)14-12-9-6-5-7-10-12/h5-11H,2-4H2,1H3,(H,14,15)/b11-8+. The van der Waals surface area contributed by atoms with Crippen LogP contribution in [0.15, 0.2) is 42.5 Å². The van der Waals surface area contributed by atoms with Crippen molar-refractivity contribution in [2.45, 2.75) is 26.2 Å². The molecule has 0 unspecified atom stereocenters. The number of unbranched alkanes of at least 4 members (excludes halogenated alkanes) is 2. The Bertz CT molecular complexity index is 317. The number of rotatable bonds is 5. The number of carbonyl (C=O) groups excluding carboxylic acids is 1. The van der Waals surface area contributed by atoms with Crippen LogP contribution in [0.4, 0.5) is 5.69 Å². The Morgan fingerprint density at radius 2 is 2.07 bits per heavy atom. The molecule has 1 rings (SSSR count). The molecule has 1 amide bonds. The fourth-order valence-electron chi connectivity index (χ4n) is 1.22. The Morgan fingerprint density at radius 1 is 1.33 bits per heavy atom. The maximum absolute atomic E-state index is 11.4. The minimum absolute atomic E-state index is 0.0581. The number of amides is 1. The Kier molecular flexibility index (Phi) is 5.23. The van der Waals surface area contributed by atoms with E-state index in [1.807, 2.05) is 36.4 Å². The summed E-state index contributed by atoms with van der Waals surface area (Å²) < 4.78 is 0. The molecule has 0 atom stereocenters. The van der Waals surface area contributed by atoms with Crippen molar-refractivity contribution in [3.63, 3.8) is 0 Å². The van der Waals surface area contributed by atoms with Crippen LogP contribution in [0, 0.1) is 0 Å². The molecule has 0 radical (unpaired) electrons.